The molecule has 0 aromatic carbocycles. The molecule has 1 heterocycles. The molecule has 3 unspecified atom stereocenters. The maximum atomic E-state index is 12.4. The van der Waals surface area contributed by atoms with Crippen molar-refractivity contribution in [1.82, 2.24) is 10.2 Å². The molecule has 0 aromatic heterocycles. The average molecular weight is 310 g/mol. The summed E-state index contributed by atoms with van der Waals surface area (Å²) in [7, 11) is 1.84. The summed E-state index contributed by atoms with van der Waals surface area (Å²) in [5, 5.41) is 13.1. The molecule has 2 N–H and O–H groups in total. The largest absolute Gasteiger partial charge is 0.393 e. The maximum absolute atomic E-state index is 12.4. The van der Waals surface area contributed by atoms with Crippen LogP contribution in [-0.2, 0) is 4.74 Å². The third kappa shape index (κ3) is 3.57. The molecule has 22 heavy (non-hydrogen) atoms. The average Bonchev–Trinajstić information content (AvgIpc) is 3.09. The number of ether oxygens (including phenoxy) is 1. The fourth-order valence-corrected chi connectivity index (χ4v) is 4.47. The van der Waals surface area contributed by atoms with Crippen molar-refractivity contribution >= 4 is 6.03 Å². The summed E-state index contributed by atoms with van der Waals surface area (Å²) in [6, 6.07) is 0.231. The number of hydrogen-bond donors (Lipinski definition) is 2. The van der Waals surface area contributed by atoms with Crippen LogP contribution in [0, 0.1) is 5.92 Å². The quantitative estimate of drug-likeness (QED) is 0.840. The lowest BCUT2D eigenvalue weighted by atomic mass is 9.89. The molecule has 2 aliphatic carbocycles. The molecule has 126 valence electrons. The van der Waals surface area contributed by atoms with Gasteiger partial charge in [-0.1, -0.05) is 19.3 Å². The first-order chi connectivity index (χ1) is 10.6. The van der Waals surface area contributed by atoms with E-state index in [-0.39, 0.29) is 29.7 Å². The molecule has 2 amide bonds. The Kier molecular flexibility index (Phi) is 4.93. The van der Waals surface area contributed by atoms with E-state index < -0.39 is 0 Å². The van der Waals surface area contributed by atoms with Crippen LogP contribution in [0.1, 0.15) is 57.8 Å². The zero-order chi connectivity index (χ0) is 15.6. The first kappa shape index (κ1) is 16.1. The van der Waals surface area contributed by atoms with Crippen molar-refractivity contribution in [2.24, 2.45) is 5.92 Å². The Bertz CT molecular complexity index is 395. The Morgan fingerprint density at radius 2 is 2.05 bits per heavy atom. The summed E-state index contributed by atoms with van der Waals surface area (Å²) in [4.78, 5) is 14.1. The Labute approximate surface area is 133 Å². The van der Waals surface area contributed by atoms with Crippen LogP contribution in [0.4, 0.5) is 4.79 Å². The topological polar surface area (TPSA) is 61.8 Å². The van der Waals surface area contributed by atoms with Crippen LogP contribution in [0.15, 0.2) is 0 Å². The molecule has 1 saturated heterocycles. The van der Waals surface area contributed by atoms with Gasteiger partial charge in [0.25, 0.3) is 0 Å². The fourth-order valence-electron chi connectivity index (χ4n) is 4.47. The van der Waals surface area contributed by atoms with Gasteiger partial charge < -0.3 is 20.1 Å². The van der Waals surface area contributed by atoms with E-state index in [4.69, 9.17) is 4.74 Å². The first-order valence-electron chi connectivity index (χ1n) is 8.92. The molecule has 3 rings (SSSR count). The van der Waals surface area contributed by atoms with Crippen molar-refractivity contribution in [1.29, 1.82) is 0 Å². The summed E-state index contributed by atoms with van der Waals surface area (Å²) in [5.74, 6) is 0.242. The summed E-state index contributed by atoms with van der Waals surface area (Å²) in [5.41, 5.74) is 0.0381. The highest BCUT2D eigenvalue weighted by Gasteiger charge is 2.40. The van der Waals surface area contributed by atoms with Crippen LogP contribution in [-0.4, -0.2) is 54.0 Å². The highest BCUT2D eigenvalue weighted by molar-refractivity contribution is 5.74. The summed E-state index contributed by atoms with van der Waals surface area (Å²) in [6.45, 7) is 1.41. The van der Waals surface area contributed by atoms with Gasteiger partial charge in [-0.25, -0.2) is 4.79 Å². The van der Waals surface area contributed by atoms with E-state index >= 15 is 0 Å². The predicted octanol–water partition coefficient (Wildman–Crippen LogP) is 2.28. The van der Waals surface area contributed by atoms with Gasteiger partial charge in [-0.15, -0.1) is 0 Å². The number of nitrogens with one attached hydrogen (secondary N) is 1. The minimum absolute atomic E-state index is 0.000790. The van der Waals surface area contributed by atoms with Gasteiger partial charge in [0.2, 0.25) is 0 Å². The Balaban J connectivity index is 1.48. The standard InChI is InChI=1S/C17H30N2O3/c1-19(12-13-5-4-6-15(13)20)16(21)18-14-7-10-22-17(11-14)8-2-3-9-17/h13-15,20H,2-12H2,1H3,(H,18,21). The van der Waals surface area contributed by atoms with Crippen LogP contribution in [0.2, 0.25) is 0 Å². The Morgan fingerprint density at radius 1 is 1.27 bits per heavy atom. The van der Waals surface area contributed by atoms with Gasteiger partial charge in [-0.3, -0.25) is 0 Å². The maximum Gasteiger partial charge on any atom is 0.317 e. The second-order valence-corrected chi connectivity index (χ2v) is 7.52. The molecule has 3 atom stereocenters. The molecule has 1 spiro atoms. The molecule has 0 aromatic rings. The molecule has 5 nitrogen and oxygen atoms in total. The van der Waals surface area contributed by atoms with Gasteiger partial charge in [-0.2, -0.15) is 0 Å². The zero-order valence-electron chi connectivity index (χ0n) is 13.7. The molecule has 3 aliphatic rings. The third-order valence-electron chi connectivity index (χ3n) is 5.81. The predicted molar refractivity (Wildman–Crippen MR) is 84.7 cm³/mol. The van der Waals surface area contributed by atoms with Crippen LogP contribution in [0.3, 0.4) is 0 Å². The molecule has 0 bridgehead atoms. The fraction of sp³-hybridized carbons (Fsp3) is 0.941. The molecule has 5 heteroatoms. The van der Waals surface area contributed by atoms with Gasteiger partial charge in [0.05, 0.1) is 11.7 Å². The van der Waals surface area contributed by atoms with Gasteiger partial charge >= 0.3 is 6.03 Å². The van der Waals surface area contributed by atoms with E-state index in [0.717, 1.165) is 51.6 Å². The minimum Gasteiger partial charge on any atom is -0.393 e. The number of rotatable bonds is 3. The number of carbonyl (C=O) groups is 1. The van der Waals surface area contributed by atoms with Crippen molar-refractivity contribution in [3.8, 4) is 0 Å². The lowest BCUT2D eigenvalue weighted by Gasteiger charge is -2.39. The van der Waals surface area contributed by atoms with Crippen LogP contribution >= 0.6 is 0 Å². The molecule has 2 saturated carbocycles. The van der Waals surface area contributed by atoms with E-state index in [1.807, 2.05) is 7.05 Å². The molecule has 3 fully saturated rings. The number of nitrogens with zero attached hydrogens (tertiary/aromatic N) is 1. The second-order valence-electron chi connectivity index (χ2n) is 7.52. The van der Waals surface area contributed by atoms with E-state index in [2.05, 4.69) is 5.32 Å². The third-order valence-corrected chi connectivity index (χ3v) is 5.81. The molecule has 0 radical (unpaired) electrons. The SMILES string of the molecule is CN(CC1CCCC1O)C(=O)NC1CCOC2(CCCC2)C1. The van der Waals surface area contributed by atoms with Crippen molar-refractivity contribution < 1.29 is 14.6 Å². The van der Waals surface area contributed by atoms with E-state index in [0.29, 0.717) is 6.54 Å². The normalized spacial score (nSPS) is 34.0. The van der Waals surface area contributed by atoms with Crippen molar-refractivity contribution in [2.75, 3.05) is 20.2 Å². The minimum atomic E-state index is -0.236. The van der Waals surface area contributed by atoms with Gasteiger partial charge in [0, 0.05) is 32.2 Å². The monoisotopic (exact) mass is 310 g/mol. The van der Waals surface area contributed by atoms with E-state index in [9.17, 15) is 9.90 Å². The number of amides is 2. The highest BCUT2D eigenvalue weighted by Crippen LogP contribution is 2.40. The summed E-state index contributed by atoms with van der Waals surface area (Å²) < 4.78 is 6.02. The number of carbonyl (C=O) groups excluding carboxylic acids is 1. The number of aliphatic hydroxyl groups excluding tert-OH is 1. The number of urea groups is 1. The van der Waals surface area contributed by atoms with Gasteiger partial charge in [0.1, 0.15) is 0 Å². The van der Waals surface area contributed by atoms with Crippen LogP contribution < -0.4 is 5.32 Å². The van der Waals surface area contributed by atoms with E-state index in [1.54, 1.807) is 4.90 Å². The molecule has 1 aliphatic heterocycles. The van der Waals surface area contributed by atoms with Crippen molar-refractivity contribution in [3.63, 3.8) is 0 Å². The van der Waals surface area contributed by atoms with Gasteiger partial charge in [0.15, 0.2) is 0 Å². The van der Waals surface area contributed by atoms with Crippen molar-refractivity contribution in [3.05, 3.63) is 0 Å². The number of aliphatic hydroxyl groups is 1. The summed E-state index contributed by atoms with van der Waals surface area (Å²) >= 11 is 0. The lowest BCUT2D eigenvalue weighted by molar-refractivity contribution is -0.0823. The first-order valence-corrected chi connectivity index (χ1v) is 8.92. The Morgan fingerprint density at radius 3 is 2.73 bits per heavy atom. The zero-order valence-corrected chi connectivity index (χ0v) is 13.7. The van der Waals surface area contributed by atoms with E-state index in [1.165, 1.54) is 12.8 Å². The Hall–Kier alpha value is -0.810. The van der Waals surface area contributed by atoms with Crippen molar-refractivity contribution in [2.45, 2.75) is 75.5 Å². The number of hydrogen-bond acceptors (Lipinski definition) is 3. The second kappa shape index (κ2) is 6.75. The highest BCUT2D eigenvalue weighted by atomic mass is 16.5. The molecular weight excluding hydrogens is 280 g/mol. The lowest BCUT2D eigenvalue weighted by Crippen LogP contribution is -2.51. The van der Waals surface area contributed by atoms with Gasteiger partial charge in [-0.05, 0) is 38.5 Å². The summed E-state index contributed by atoms with van der Waals surface area (Å²) in [6.07, 6.45) is 9.39. The van der Waals surface area contributed by atoms with Crippen LogP contribution in [0.25, 0.3) is 0 Å². The smallest absolute Gasteiger partial charge is 0.317 e. The van der Waals surface area contributed by atoms with Crippen LogP contribution in [0.5, 0.6) is 0 Å². The molecular formula is C17H30N2O3.